The number of hydrogen-bond acceptors (Lipinski definition) is 9. The lowest BCUT2D eigenvalue weighted by Gasteiger charge is -2.19. The number of likely N-dealkylation sites (N-methyl/N-ethyl adjacent to an activating group) is 1. The highest BCUT2D eigenvalue weighted by atomic mass is 127. The molecular formula is C33H35ClIN3O6. The Morgan fingerprint density at radius 3 is 2.20 bits per heavy atom. The molecule has 3 aromatic rings. The maximum absolute atomic E-state index is 12.6. The van der Waals surface area contributed by atoms with E-state index in [-0.39, 0.29) is 19.8 Å². The number of anilines is 3. The van der Waals surface area contributed by atoms with E-state index in [0.717, 1.165) is 20.5 Å². The molecule has 11 heteroatoms. The molecule has 3 aromatic carbocycles. The third-order valence-corrected chi connectivity index (χ3v) is 7.34. The van der Waals surface area contributed by atoms with Crippen molar-refractivity contribution in [1.29, 1.82) is 0 Å². The quantitative estimate of drug-likeness (QED) is 0.0398. The standard InChI is InChI=1S/C33H35ClIN3O6/c1-23(2)32(40)43-19-4-5-20-44-33(41)29-22-27(13-16-30(29)35)37-36-26-11-14-28(15-12-26)38(3)18-21-42-31(39)17-8-24-6-9-25(34)10-7-24/h6-17,22,36-37H,1,4-5,18-21H2,2-3H3/b17-8+. The zero-order valence-corrected chi connectivity index (χ0v) is 27.5. The Kier molecular flexibility index (Phi) is 14.0. The predicted molar refractivity (Wildman–Crippen MR) is 183 cm³/mol. The Balaban J connectivity index is 1.39. The number of ether oxygens (including phenoxy) is 3. The molecule has 3 rings (SSSR count). The highest BCUT2D eigenvalue weighted by Gasteiger charge is 2.13. The van der Waals surface area contributed by atoms with Gasteiger partial charge < -0.3 is 30.0 Å². The molecule has 0 radical (unpaired) electrons. The van der Waals surface area contributed by atoms with Crippen LogP contribution in [-0.2, 0) is 23.8 Å². The van der Waals surface area contributed by atoms with E-state index < -0.39 is 17.9 Å². The molecule has 0 amide bonds. The number of carbonyl (C=O) groups is 3. The molecule has 232 valence electrons. The Labute approximate surface area is 276 Å². The molecule has 0 saturated carbocycles. The average molecular weight is 732 g/mol. The third-order valence-electron chi connectivity index (χ3n) is 6.15. The number of hydrogen-bond donors (Lipinski definition) is 2. The van der Waals surface area contributed by atoms with Crippen LogP contribution in [0.5, 0.6) is 0 Å². The number of benzene rings is 3. The van der Waals surface area contributed by atoms with Crippen LogP contribution in [0.15, 0.2) is 85.0 Å². The molecule has 0 unspecified atom stereocenters. The van der Waals surface area contributed by atoms with Crippen molar-refractivity contribution < 1.29 is 28.6 Å². The largest absolute Gasteiger partial charge is 0.462 e. The highest BCUT2D eigenvalue weighted by Crippen LogP contribution is 2.21. The molecule has 44 heavy (non-hydrogen) atoms. The fourth-order valence-electron chi connectivity index (χ4n) is 3.64. The average Bonchev–Trinajstić information content (AvgIpc) is 3.01. The second-order valence-corrected chi connectivity index (χ2v) is 11.3. The number of nitrogens with zero attached hydrogens (tertiary/aromatic N) is 1. The van der Waals surface area contributed by atoms with Crippen LogP contribution >= 0.6 is 34.2 Å². The first kappa shape index (κ1) is 34.5. The molecule has 0 fully saturated rings. The summed E-state index contributed by atoms with van der Waals surface area (Å²) < 4.78 is 16.5. The van der Waals surface area contributed by atoms with E-state index in [1.165, 1.54) is 6.08 Å². The van der Waals surface area contributed by atoms with Crippen molar-refractivity contribution in [2.45, 2.75) is 19.8 Å². The fraction of sp³-hybridized carbons (Fsp3) is 0.242. The minimum absolute atomic E-state index is 0.222. The van der Waals surface area contributed by atoms with Crippen LogP contribution in [-0.4, -0.2) is 51.3 Å². The van der Waals surface area contributed by atoms with Gasteiger partial charge in [-0.25, -0.2) is 14.4 Å². The van der Waals surface area contributed by atoms with Crippen molar-refractivity contribution in [3.8, 4) is 0 Å². The van der Waals surface area contributed by atoms with Crippen LogP contribution < -0.4 is 15.8 Å². The van der Waals surface area contributed by atoms with Gasteiger partial charge in [-0.05, 0) is 109 Å². The topological polar surface area (TPSA) is 106 Å². The molecule has 0 aliphatic carbocycles. The predicted octanol–water partition coefficient (Wildman–Crippen LogP) is 7.13. The maximum Gasteiger partial charge on any atom is 0.339 e. The van der Waals surface area contributed by atoms with E-state index in [1.54, 1.807) is 31.2 Å². The van der Waals surface area contributed by atoms with Gasteiger partial charge in [-0.15, -0.1) is 0 Å². The number of hydrazine groups is 1. The summed E-state index contributed by atoms with van der Waals surface area (Å²) in [5, 5.41) is 0.637. The van der Waals surface area contributed by atoms with Crippen LogP contribution in [0.25, 0.3) is 6.08 Å². The van der Waals surface area contributed by atoms with Gasteiger partial charge in [0.05, 0.1) is 36.7 Å². The number of nitrogens with one attached hydrogen (secondary N) is 2. The number of carbonyl (C=O) groups excluding carboxylic acids is 3. The van der Waals surface area contributed by atoms with E-state index in [1.807, 2.05) is 60.5 Å². The minimum Gasteiger partial charge on any atom is -0.462 e. The van der Waals surface area contributed by atoms with Gasteiger partial charge in [-0.1, -0.05) is 30.3 Å². The van der Waals surface area contributed by atoms with Crippen molar-refractivity contribution in [1.82, 2.24) is 0 Å². The molecule has 0 heterocycles. The maximum atomic E-state index is 12.6. The van der Waals surface area contributed by atoms with Crippen molar-refractivity contribution >= 4 is 75.2 Å². The molecule has 0 atom stereocenters. The van der Waals surface area contributed by atoms with Gasteiger partial charge in [0.25, 0.3) is 0 Å². The highest BCUT2D eigenvalue weighted by molar-refractivity contribution is 14.1. The normalized spacial score (nSPS) is 10.6. The first-order valence-electron chi connectivity index (χ1n) is 13.9. The second kappa shape index (κ2) is 17.9. The molecule has 0 saturated heterocycles. The van der Waals surface area contributed by atoms with Crippen LogP contribution in [0.1, 0.15) is 35.7 Å². The summed E-state index contributed by atoms with van der Waals surface area (Å²) in [6.07, 6.45) is 4.23. The minimum atomic E-state index is -0.423. The fourth-order valence-corrected chi connectivity index (χ4v) is 4.32. The molecular weight excluding hydrogens is 697 g/mol. The van der Waals surface area contributed by atoms with Crippen LogP contribution in [0.4, 0.5) is 17.1 Å². The van der Waals surface area contributed by atoms with Gasteiger partial charge in [0.1, 0.15) is 6.61 Å². The Hall–Kier alpha value is -4.03. The van der Waals surface area contributed by atoms with Crippen LogP contribution in [0.3, 0.4) is 0 Å². The number of unbranched alkanes of at least 4 members (excludes halogenated alkanes) is 1. The molecule has 0 spiro atoms. The van der Waals surface area contributed by atoms with Gasteiger partial charge in [0, 0.05) is 33.0 Å². The zero-order chi connectivity index (χ0) is 31.9. The van der Waals surface area contributed by atoms with E-state index >= 15 is 0 Å². The Morgan fingerprint density at radius 2 is 1.52 bits per heavy atom. The lowest BCUT2D eigenvalue weighted by Crippen LogP contribution is -2.23. The van der Waals surface area contributed by atoms with E-state index in [4.69, 9.17) is 25.8 Å². The molecule has 0 aliphatic rings. The Bertz CT molecular complexity index is 1460. The first-order valence-corrected chi connectivity index (χ1v) is 15.3. The molecule has 9 nitrogen and oxygen atoms in total. The lowest BCUT2D eigenvalue weighted by atomic mass is 10.2. The molecule has 0 aliphatic heterocycles. The summed E-state index contributed by atoms with van der Waals surface area (Å²) in [7, 11) is 1.92. The Morgan fingerprint density at radius 1 is 0.886 bits per heavy atom. The van der Waals surface area contributed by atoms with Crippen molar-refractivity contribution in [2.75, 3.05) is 49.2 Å². The summed E-state index contributed by atoms with van der Waals surface area (Å²) >= 11 is 7.97. The second-order valence-electron chi connectivity index (χ2n) is 9.72. The summed E-state index contributed by atoms with van der Waals surface area (Å²) in [6, 6.07) is 20.3. The van der Waals surface area contributed by atoms with Gasteiger partial charge >= 0.3 is 17.9 Å². The molecule has 0 bridgehead atoms. The monoisotopic (exact) mass is 731 g/mol. The van der Waals surface area contributed by atoms with Crippen molar-refractivity contribution in [2.24, 2.45) is 0 Å². The van der Waals surface area contributed by atoms with Gasteiger partial charge in [-0.2, -0.15) is 0 Å². The van der Waals surface area contributed by atoms with Crippen molar-refractivity contribution in [3.05, 3.63) is 105 Å². The first-order chi connectivity index (χ1) is 21.1. The van der Waals surface area contributed by atoms with Crippen LogP contribution in [0, 0.1) is 3.57 Å². The zero-order valence-electron chi connectivity index (χ0n) is 24.6. The molecule has 0 aromatic heterocycles. The van der Waals surface area contributed by atoms with E-state index in [2.05, 4.69) is 40.0 Å². The van der Waals surface area contributed by atoms with E-state index in [9.17, 15) is 14.4 Å². The SMILES string of the molecule is C=C(C)C(=O)OCCCCOC(=O)c1cc(NNc2ccc(N(C)CCOC(=O)/C=C/c3ccc(Cl)cc3)cc2)ccc1I. The van der Waals surface area contributed by atoms with Gasteiger partial charge in [-0.3, -0.25) is 0 Å². The summed E-state index contributed by atoms with van der Waals surface area (Å²) in [5.41, 5.74) is 10.4. The molecule has 2 N–H and O–H groups in total. The van der Waals surface area contributed by atoms with Crippen molar-refractivity contribution in [3.63, 3.8) is 0 Å². The van der Waals surface area contributed by atoms with E-state index in [0.29, 0.717) is 41.2 Å². The van der Waals surface area contributed by atoms with Gasteiger partial charge in [0.2, 0.25) is 0 Å². The number of rotatable bonds is 16. The van der Waals surface area contributed by atoms with Gasteiger partial charge in [0.15, 0.2) is 0 Å². The number of halogens is 2. The lowest BCUT2D eigenvalue weighted by molar-refractivity contribution is -0.139. The summed E-state index contributed by atoms with van der Waals surface area (Å²) in [5.74, 6) is -1.26. The summed E-state index contributed by atoms with van der Waals surface area (Å²) in [6.45, 7) is 6.37. The third kappa shape index (κ3) is 11.9. The van der Waals surface area contributed by atoms with Crippen LogP contribution in [0.2, 0.25) is 5.02 Å². The number of esters is 3. The summed E-state index contributed by atoms with van der Waals surface area (Å²) in [4.78, 5) is 38.0. The smallest absolute Gasteiger partial charge is 0.339 e.